The summed E-state index contributed by atoms with van der Waals surface area (Å²) in [6.45, 7) is 9.80. The van der Waals surface area contributed by atoms with Crippen molar-refractivity contribution in [3.05, 3.63) is 23.4 Å². The van der Waals surface area contributed by atoms with Gasteiger partial charge in [-0.25, -0.2) is 9.59 Å². The number of carbonyl (C=O) groups is 2. The topological polar surface area (TPSA) is 93.2 Å². The Bertz CT molecular complexity index is 717. The molecule has 1 unspecified atom stereocenters. The van der Waals surface area contributed by atoms with Crippen molar-refractivity contribution < 1.29 is 14.3 Å². The Hall–Kier alpha value is -1.52. The molecule has 1 aromatic rings. The number of carbonyl (C=O) groups excluding carboxylic acids is 2. The van der Waals surface area contributed by atoms with Gasteiger partial charge in [0.25, 0.3) is 0 Å². The largest absolute Gasteiger partial charge is 0.463 e. The van der Waals surface area contributed by atoms with Crippen LogP contribution in [0.15, 0.2) is 32.1 Å². The van der Waals surface area contributed by atoms with Gasteiger partial charge in [0.15, 0.2) is 8.68 Å². The number of hydrogen-bond donors (Lipinski definition) is 2. The van der Waals surface area contributed by atoms with E-state index in [4.69, 9.17) is 4.74 Å². The molecular formula is C16H22N4O3S3. The smallest absolute Gasteiger partial charge is 0.337 e. The third-order valence-corrected chi connectivity index (χ3v) is 6.76. The van der Waals surface area contributed by atoms with E-state index in [1.165, 1.54) is 23.1 Å². The number of aromatic nitrogens is 2. The molecule has 1 aromatic heterocycles. The van der Waals surface area contributed by atoms with Crippen LogP contribution < -0.4 is 10.6 Å². The zero-order valence-corrected chi connectivity index (χ0v) is 17.4. The van der Waals surface area contributed by atoms with Gasteiger partial charge >= 0.3 is 12.0 Å². The molecule has 2 amide bonds. The number of esters is 1. The molecule has 0 saturated carbocycles. The number of hydrogen-bond acceptors (Lipinski definition) is 8. The lowest BCUT2D eigenvalue weighted by Gasteiger charge is -2.28. The van der Waals surface area contributed by atoms with Crippen molar-refractivity contribution in [3.63, 3.8) is 0 Å². The van der Waals surface area contributed by atoms with E-state index in [-0.39, 0.29) is 18.7 Å². The first-order chi connectivity index (χ1) is 12.4. The maximum Gasteiger partial charge on any atom is 0.337 e. The normalized spacial score (nSPS) is 16.9. The van der Waals surface area contributed by atoms with Gasteiger partial charge < -0.3 is 15.4 Å². The summed E-state index contributed by atoms with van der Waals surface area (Å²) >= 11 is 4.52. The summed E-state index contributed by atoms with van der Waals surface area (Å²) < 4.78 is 6.81. The molecule has 0 bridgehead atoms. The molecule has 1 atom stereocenters. The van der Waals surface area contributed by atoms with Gasteiger partial charge in [0.1, 0.15) is 0 Å². The quantitative estimate of drug-likeness (QED) is 0.364. The zero-order valence-electron chi connectivity index (χ0n) is 15.0. The minimum Gasteiger partial charge on any atom is -0.463 e. The summed E-state index contributed by atoms with van der Waals surface area (Å²) in [5.41, 5.74) is 2.12. The van der Waals surface area contributed by atoms with Crippen LogP contribution >= 0.6 is 34.9 Å². The molecule has 26 heavy (non-hydrogen) atoms. The number of nitrogens with zero attached hydrogens (tertiary/aromatic N) is 2. The third kappa shape index (κ3) is 5.75. The van der Waals surface area contributed by atoms with E-state index in [0.717, 1.165) is 20.0 Å². The zero-order chi connectivity index (χ0) is 19.1. The van der Waals surface area contributed by atoms with Crippen LogP contribution in [0.25, 0.3) is 0 Å². The predicted octanol–water partition coefficient (Wildman–Crippen LogP) is 3.21. The highest BCUT2D eigenvalue weighted by Gasteiger charge is 2.31. The molecule has 1 aliphatic heterocycles. The first-order valence-electron chi connectivity index (χ1n) is 8.15. The molecule has 2 N–H and O–H groups in total. The van der Waals surface area contributed by atoms with Crippen LogP contribution in [0, 0.1) is 0 Å². The van der Waals surface area contributed by atoms with Crippen LogP contribution in [0.5, 0.6) is 0 Å². The minimum atomic E-state index is -0.405. The van der Waals surface area contributed by atoms with Crippen LogP contribution in [-0.4, -0.2) is 46.4 Å². The molecule has 0 radical (unpaired) electrons. The van der Waals surface area contributed by atoms with Gasteiger partial charge in [-0.05, 0) is 20.3 Å². The summed E-state index contributed by atoms with van der Waals surface area (Å²) in [5, 5.41) is 13.8. The molecule has 142 valence electrons. The van der Waals surface area contributed by atoms with Gasteiger partial charge in [-0.1, -0.05) is 53.9 Å². The van der Waals surface area contributed by atoms with Crippen molar-refractivity contribution in [3.8, 4) is 0 Å². The van der Waals surface area contributed by atoms with E-state index in [0.29, 0.717) is 23.4 Å². The number of ether oxygens (including phenoxy) is 1. The van der Waals surface area contributed by atoms with Gasteiger partial charge in [0, 0.05) is 17.2 Å². The van der Waals surface area contributed by atoms with Gasteiger partial charge in [-0.2, -0.15) is 0 Å². The number of amides is 2. The summed E-state index contributed by atoms with van der Waals surface area (Å²) in [6.07, 6.45) is 0.607. The standard InChI is InChI=1S/C16H22N4O3S3/c1-5-10-12(13(21)23-6-2)11(18-14(22)17-10)8-25-16-20-19-15(26-16)24-7-9(3)4/h10H,3,5-8H2,1-2,4H3,(H2,17,18,22). The number of rotatable bonds is 9. The van der Waals surface area contributed by atoms with Crippen molar-refractivity contribution in [2.45, 2.75) is 41.9 Å². The Morgan fingerprint density at radius 2 is 2.00 bits per heavy atom. The molecule has 10 heteroatoms. The second-order valence-corrected chi connectivity index (χ2v) is 8.96. The van der Waals surface area contributed by atoms with Crippen LogP contribution in [-0.2, 0) is 9.53 Å². The second kappa shape index (κ2) is 9.98. The highest BCUT2D eigenvalue weighted by molar-refractivity contribution is 8.03. The Balaban J connectivity index is 2.11. The third-order valence-electron chi connectivity index (χ3n) is 3.32. The first kappa shape index (κ1) is 20.8. The highest BCUT2D eigenvalue weighted by atomic mass is 32.2. The molecule has 0 aromatic carbocycles. The number of urea groups is 1. The van der Waals surface area contributed by atoms with E-state index >= 15 is 0 Å². The van der Waals surface area contributed by atoms with Crippen LogP contribution in [0.2, 0.25) is 0 Å². The summed E-state index contributed by atoms with van der Waals surface area (Å²) in [5.74, 6) is 0.812. The Kier molecular flexibility index (Phi) is 7.98. The molecule has 0 aliphatic carbocycles. The average Bonchev–Trinajstić information content (AvgIpc) is 3.05. The van der Waals surface area contributed by atoms with Crippen molar-refractivity contribution in [1.29, 1.82) is 0 Å². The van der Waals surface area contributed by atoms with E-state index in [9.17, 15) is 9.59 Å². The number of nitrogens with one attached hydrogen (secondary N) is 2. The van der Waals surface area contributed by atoms with E-state index in [2.05, 4.69) is 27.4 Å². The molecule has 0 saturated heterocycles. The second-order valence-electron chi connectivity index (χ2n) is 5.54. The fourth-order valence-corrected chi connectivity index (χ4v) is 5.04. The van der Waals surface area contributed by atoms with Gasteiger partial charge in [0.05, 0.1) is 18.2 Å². The number of thioether (sulfide) groups is 2. The maximum absolute atomic E-state index is 12.3. The summed E-state index contributed by atoms with van der Waals surface area (Å²) in [7, 11) is 0. The Labute approximate surface area is 165 Å². The lowest BCUT2D eigenvalue weighted by Crippen LogP contribution is -2.50. The minimum absolute atomic E-state index is 0.285. The fourth-order valence-electron chi connectivity index (χ4n) is 2.21. The van der Waals surface area contributed by atoms with E-state index in [1.807, 2.05) is 13.8 Å². The first-order valence-corrected chi connectivity index (χ1v) is 10.9. The average molecular weight is 415 g/mol. The van der Waals surface area contributed by atoms with Crippen molar-refractivity contribution in [2.75, 3.05) is 18.1 Å². The summed E-state index contributed by atoms with van der Waals surface area (Å²) in [6, 6.07) is -0.662. The van der Waals surface area contributed by atoms with E-state index in [1.54, 1.807) is 18.7 Å². The predicted molar refractivity (Wildman–Crippen MR) is 106 cm³/mol. The highest BCUT2D eigenvalue weighted by Crippen LogP contribution is 2.31. The monoisotopic (exact) mass is 414 g/mol. The van der Waals surface area contributed by atoms with Crippen molar-refractivity contribution in [1.82, 2.24) is 20.8 Å². The Morgan fingerprint density at radius 1 is 1.31 bits per heavy atom. The lowest BCUT2D eigenvalue weighted by atomic mass is 10.0. The molecule has 7 nitrogen and oxygen atoms in total. The summed E-state index contributed by atoms with van der Waals surface area (Å²) in [4.78, 5) is 24.2. The molecule has 2 rings (SSSR count). The SMILES string of the molecule is C=C(C)CSc1nnc(SCC2=C(C(=O)OCC)C(CC)NC(=O)N2)s1. The van der Waals surface area contributed by atoms with Gasteiger partial charge in [0.2, 0.25) is 0 Å². The van der Waals surface area contributed by atoms with Gasteiger partial charge in [-0.15, -0.1) is 10.2 Å². The molecule has 0 spiro atoms. The van der Waals surface area contributed by atoms with Crippen molar-refractivity contribution >= 4 is 46.9 Å². The molecule has 2 heterocycles. The van der Waals surface area contributed by atoms with Crippen LogP contribution in [0.1, 0.15) is 27.2 Å². The van der Waals surface area contributed by atoms with Gasteiger partial charge in [-0.3, -0.25) is 0 Å². The fraction of sp³-hybridized carbons (Fsp3) is 0.500. The van der Waals surface area contributed by atoms with E-state index < -0.39 is 5.97 Å². The van der Waals surface area contributed by atoms with Crippen molar-refractivity contribution in [2.24, 2.45) is 0 Å². The Morgan fingerprint density at radius 3 is 2.62 bits per heavy atom. The maximum atomic E-state index is 12.3. The molecular weight excluding hydrogens is 392 g/mol. The van der Waals surface area contributed by atoms with Crippen LogP contribution in [0.3, 0.4) is 0 Å². The molecule has 1 aliphatic rings. The lowest BCUT2D eigenvalue weighted by molar-refractivity contribution is -0.139. The van der Waals surface area contributed by atoms with Crippen LogP contribution in [0.4, 0.5) is 4.79 Å². The molecule has 0 fully saturated rings.